The van der Waals surface area contributed by atoms with Gasteiger partial charge in [-0.1, -0.05) is 6.07 Å². The smallest absolute Gasteiger partial charge is 0.491 e. The number of sulfonamides is 1. The maximum absolute atomic E-state index is 12.1. The quantitative estimate of drug-likeness (QED) is 0.678. The zero-order valence-corrected chi connectivity index (χ0v) is 11.5. The van der Waals surface area contributed by atoms with Crippen molar-refractivity contribution >= 4 is 28.3 Å². The van der Waals surface area contributed by atoms with Crippen LogP contribution in [0.1, 0.15) is 5.56 Å². The van der Waals surface area contributed by atoms with E-state index in [0.717, 1.165) is 11.8 Å². The van der Waals surface area contributed by atoms with Gasteiger partial charge in [-0.3, -0.25) is 4.72 Å². The number of aromatic nitrogens is 1. The molecule has 0 unspecified atom stereocenters. The van der Waals surface area contributed by atoms with Gasteiger partial charge in [0, 0.05) is 5.69 Å². The highest BCUT2D eigenvalue weighted by atomic mass is 32.2. The highest BCUT2D eigenvalue weighted by Gasteiger charge is 2.28. The molecule has 3 rings (SSSR count). The third kappa shape index (κ3) is 2.71. The van der Waals surface area contributed by atoms with Crippen molar-refractivity contribution in [1.82, 2.24) is 4.98 Å². The lowest BCUT2D eigenvalue weighted by Crippen LogP contribution is -2.28. The molecule has 1 aromatic heterocycles. The van der Waals surface area contributed by atoms with E-state index in [4.69, 9.17) is 9.76 Å². The summed E-state index contributed by atoms with van der Waals surface area (Å²) in [5.41, 5.74) is 1.65. The number of fused-ring (bicyclic) bond motifs is 1. The third-order valence-corrected chi connectivity index (χ3v) is 4.35. The third-order valence-electron chi connectivity index (χ3n) is 3.06. The first kappa shape index (κ1) is 13.9. The van der Waals surface area contributed by atoms with Crippen LogP contribution in [0.15, 0.2) is 41.6 Å². The minimum Gasteiger partial charge on any atom is -0.506 e. The van der Waals surface area contributed by atoms with Gasteiger partial charge in [-0.2, -0.15) is 8.42 Å². The number of hydrogen-bond acceptors (Lipinski definition) is 6. The van der Waals surface area contributed by atoms with Crippen LogP contribution >= 0.6 is 0 Å². The maximum atomic E-state index is 12.1. The van der Waals surface area contributed by atoms with Crippen LogP contribution in [0.4, 0.5) is 5.69 Å². The first-order valence-corrected chi connectivity index (χ1v) is 7.54. The monoisotopic (exact) mass is 306 g/mol. The zero-order valence-electron chi connectivity index (χ0n) is 10.7. The average molecular weight is 306 g/mol. The van der Waals surface area contributed by atoms with Crippen LogP contribution in [0.3, 0.4) is 0 Å². The second-order valence-electron chi connectivity index (χ2n) is 4.54. The fourth-order valence-electron chi connectivity index (χ4n) is 2.02. The molecular weight excluding hydrogens is 295 g/mol. The van der Waals surface area contributed by atoms with Crippen molar-refractivity contribution in [2.45, 2.75) is 11.6 Å². The normalized spacial score (nSPS) is 14.0. The molecule has 21 heavy (non-hydrogen) atoms. The van der Waals surface area contributed by atoms with Gasteiger partial charge in [0.15, 0.2) is 5.03 Å². The van der Waals surface area contributed by atoms with Crippen LogP contribution in [0.25, 0.3) is 0 Å². The molecule has 1 aliphatic heterocycles. The number of hydrogen-bond donors (Lipinski definition) is 3. The van der Waals surface area contributed by atoms with Crippen molar-refractivity contribution in [1.29, 1.82) is 0 Å². The Morgan fingerprint density at radius 3 is 2.81 bits per heavy atom. The van der Waals surface area contributed by atoms with E-state index in [9.17, 15) is 13.4 Å². The lowest BCUT2D eigenvalue weighted by Gasteiger charge is -2.09. The molecule has 0 bridgehead atoms. The maximum Gasteiger partial charge on any atom is 0.491 e. The standard InChI is InChI=1S/C12H11BN2O5S/c16-10-3-4-12(14-6-10)21(18,19)15-9-2-1-8-7-20-13(17)11(8)5-9/h1-6,15-17H,7H2. The fraction of sp³-hybridized carbons (Fsp3) is 0.0833. The number of rotatable bonds is 3. The van der Waals surface area contributed by atoms with E-state index in [2.05, 4.69) is 9.71 Å². The lowest BCUT2D eigenvalue weighted by molar-refractivity contribution is 0.275. The van der Waals surface area contributed by atoms with Gasteiger partial charge in [0.25, 0.3) is 10.0 Å². The molecule has 0 amide bonds. The Balaban J connectivity index is 1.89. The number of pyridine rings is 1. The van der Waals surface area contributed by atoms with Gasteiger partial charge >= 0.3 is 7.12 Å². The van der Waals surface area contributed by atoms with Crippen LogP contribution in [-0.2, 0) is 21.3 Å². The highest BCUT2D eigenvalue weighted by Crippen LogP contribution is 2.18. The van der Waals surface area contributed by atoms with Crippen LogP contribution in [0.2, 0.25) is 0 Å². The van der Waals surface area contributed by atoms with Gasteiger partial charge in [-0.05, 0) is 35.3 Å². The van der Waals surface area contributed by atoms with E-state index in [1.807, 2.05) is 0 Å². The number of nitrogens with zero attached hydrogens (tertiary/aromatic N) is 1. The Morgan fingerprint density at radius 2 is 2.10 bits per heavy atom. The summed E-state index contributed by atoms with van der Waals surface area (Å²) < 4.78 is 31.7. The molecule has 0 saturated heterocycles. The Bertz CT molecular complexity index is 779. The van der Waals surface area contributed by atoms with E-state index in [-0.39, 0.29) is 10.8 Å². The van der Waals surface area contributed by atoms with Gasteiger partial charge in [0.05, 0.1) is 12.8 Å². The Hall–Kier alpha value is -2.10. The van der Waals surface area contributed by atoms with Crippen LogP contribution in [-0.4, -0.2) is 30.7 Å². The average Bonchev–Trinajstić information content (AvgIpc) is 2.80. The molecule has 0 radical (unpaired) electrons. The summed E-state index contributed by atoms with van der Waals surface area (Å²) in [4.78, 5) is 3.66. The number of benzene rings is 1. The molecule has 7 nitrogen and oxygen atoms in total. The molecule has 0 spiro atoms. The molecule has 0 saturated carbocycles. The van der Waals surface area contributed by atoms with Gasteiger partial charge in [-0.25, -0.2) is 4.98 Å². The van der Waals surface area contributed by atoms with Gasteiger partial charge < -0.3 is 14.8 Å². The molecule has 9 heteroatoms. The number of anilines is 1. The van der Waals surface area contributed by atoms with Crippen molar-refractivity contribution in [3.63, 3.8) is 0 Å². The zero-order chi connectivity index (χ0) is 15.0. The predicted octanol–water partition coefficient (Wildman–Crippen LogP) is -0.194. The fourth-order valence-corrected chi connectivity index (χ4v) is 3.00. The lowest BCUT2D eigenvalue weighted by atomic mass is 9.79. The number of nitrogens with one attached hydrogen (secondary N) is 1. The molecular formula is C12H11BN2O5S. The van der Waals surface area contributed by atoms with Crippen molar-refractivity contribution in [3.05, 3.63) is 42.1 Å². The summed E-state index contributed by atoms with van der Waals surface area (Å²) in [5, 5.41) is 18.5. The summed E-state index contributed by atoms with van der Waals surface area (Å²) in [6, 6.07) is 7.22. The van der Waals surface area contributed by atoms with Crippen LogP contribution < -0.4 is 10.2 Å². The molecule has 1 aromatic carbocycles. The van der Waals surface area contributed by atoms with Gasteiger partial charge in [-0.15, -0.1) is 0 Å². The molecule has 108 valence electrons. The molecule has 0 fully saturated rings. The van der Waals surface area contributed by atoms with E-state index >= 15 is 0 Å². The molecule has 3 N–H and O–H groups in total. The van der Waals surface area contributed by atoms with E-state index < -0.39 is 17.1 Å². The predicted molar refractivity (Wildman–Crippen MR) is 75.5 cm³/mol. The molecule has 1 aliphatic rings. The Morgan fingerprint density at radius 1 is 1.29 bits per heavy atom. The van der Waals surface area contributed by atoms with Gasteiger partial charge in [0.1, 0.15) is 5.75 Å². The topological polar surface area (TPSA) is 109 Å². The highest BCUT2D eigenvalue weighted by molar-refractivity contribution is 7.92. The molecule has 2 aromatic rings. The van der Waals surface area contributed by atoms with E-state index in [1.165, 1.54) is 18.2 Å². The Labute approximate surface area is 121 Å². The molecule has 0 aliphatic carbocycles. The van der Waals surface area contributed by atoms with Crippen LogP contribution in [0, 0.1) is 0 Å². The van der Waals surface area contributed by atoms with Crippen molar-refractivity contribution in [2.75, 3.05) is 4.72 Å². The van der Waals surface area contributed by atoms with Crippen LogP contribution in [0.5, 0.6) is 5.75 Å². The SMILES string of the molecule is O=S(=O)(Nc1ccc2c(c1)B(O)OC2)c1ccc(O)cn1. The summed E-state index contributed by atoms with van der Waals surface area (Å²) >= 11 is 0. The Kier molecular flexibility index (Phi) is 3.32. The second kappa shape index (κ2) is 5.03. The number of aromatic hydroxyl groups is 1. The first-order chi connectivity index (χ1) is 9.95. The van der Waals surface area contributed by atoms with Gasteiger partial charge in [0.2, 0.25) is 0 Å². The van der Waals surface area contributed by atoms with Crippen molar-refractivity contribution < 1.29 is 23.2 Å². The van der Waals surface area contributed by atoms with E-state index in [1.54, 1.807) is 12.1 Å². The summed E-state index contributed by atoms with van der Waals surface area (Å²) in [6.07, 6.45) is 1.05. The van der Waals surface area contributed by atoms with Crippen molar-refractivity contribution in [2.24, 2.45) is 0 Å². The molecule has 0 atom stereocenters. The van der Waals surface area contributed by atoms with E-state index in [0.29, 0.717) is 17.8 Å². The minimum atomic E-state index is -3.86. The second-order valence-corrected chi connectivity index (χ2v) is 6.17. The largest absolute Gasteiger partial charge is 0.506 e. The minimum absolute atomic E-state index is 0.119. The summed E-state index contributed by atoms with van der Waals surface area (Å²) in [6.45, 7) is 0.295. The summed E-state index contributed by atoms with van der Waals surface area (Å²) in [7, 11) is -4.90. The molecule has 2 heterocycles. The summed E-state index contributed by atoms with van der Waals surface area (Å²) in [5.74, 6) is -0.119. The first-order valence-electron chi connectivity index (χ1n) is 6.06. The van der Waals surface area contributed by atoms with Crippen molar-refractivity contribution in [3.8, 4) is 5.75 Å².